The molecule has 8 nitrogen and oxygen atoms in total. The first-order chi connectivity index (χ1) is 18.7. The van der Waals surface area contributed by atoms with E-state index in [4.69, 9.17) is 18.9 Å². The van der Waals surface area contributed by atoms with Crippen molar-refractivity contribution >= 4 is 5.97 Å². The second-order valence-electron chi connectivity index (χ2n) is 13.5. The van der Waals surface area contributed by atoms with Crippen LogP contribution in [0.25, 0.3) is 0 Å². The van der Waals surface area contributed by atoms with E-state index in [1.165, 1.54) is 0 Å². The van der Waals surface area contributed by atoms with E-state index in [0.29, 0.717) is 5.56 Å². The zero-order chi connectivity index (χ0) is 27.5. The normalized spacial score (nSPS) is 53.1. The van der Waals surface area contributed by atoms with Gasteiger partial charge in [-0.05, 0) is 49.3 Å². The van der Waals surface area contributed by atoms with E-state index in [1.54, 1.807) is 33.5 Å². The van der Waals surface area contributed by atoms with Crippen LogP contribution < -0.4 is 0 Å². The highest BCUT2D eigenvalue weighted by Crippen LogP contribution is 2.80. The predicted molar refractivity (Wildman–Crippen MR) is 142 cm³/mol. The van der Waals surface area contributed by atoms with Crippen molar-refractivity contribution in [1.29, 1.82) is 0 Å². The molecule has 0 amide bonds. The lowest BCUT2D eigenvalue weighted by molar-refractivity contribution is -0.316. The highest BCUT2D eigenvalue weighted by Gasteiger charge is 2.91. The topological polar surface area (TPSA) is 97.7 Å². The maximum atomic E-state index is 13.4. The monoisotopic (exact) mass is 541 g/mol. The van der Waals surface area contributed by atoms with Gasteiger partial charge in [-0.25, -0.2) is 4.79 Å². The molecule has 6 fully saturated rings. The standard InChI is InChI=1S/C31H43NO7/c1-6-32-16-28(2)13-12-21(37-4)30-19-14-18-20(36-3)15-29(34,31(35,27(30)32)25(38-5)24(28)30)22(19)23(18)39-26(33)17-10-8-7-9-11-17/h7-11,18-25,27,34-35H,6,12-16H2,1-5H3/t18-,19-,20+,21?,22-,23+,24-,25+,27+,28+,29-,30+,31+/m1/s1. The summed E-state index contributed by atoms with van der Waals surface area (Å²) in [7, 11) is 5.13. The minimum absolute atomic E-state index is 0.0105. The third-order valence-electron chi connectivity index (χ3n) is 12.5. The Kier molecular flexibility index (Phi) is 5.74. The predicted octanol–water partition coefficient (Wildman–Crippen LogP) is 2.51. The average molecular weight is 542 g/mol. The van der Waals surface area contributed by atoms with Gasteiger partial charge in [-0.15, -0.1) is 0 Å². The summed E-state index contributed by atoms with van der Waals surface area (Å²) in [5.74, 6) is -0.921. The first-order valence-electron chi connectivity index (χ1n) is 14.7. The maximum Gasteiger partial charge on any atom is 0.338 e. The third kappa shape index (κ3) is 2.84. The Labute approximate surface area is 230 Å². The van der Waals surface area contributed by atoms with Gasteiger partial charge in [0.15, 0.2) is 0 Å². The molecule has 39 heavy (non-hydrogen) atoms. The molecule has 214 valence electrons. The number of ether oxygens (including phenoxy) is 4. The Morgan fingerprint density at radius 3 is 2.49 bits per heavy atom. The fourth-order valence-corrected chi connectivity index (χ4v) is 11.6. The number of nitrogens with zero attached hydrogens (tertiary/aromatic N) is 1. The molecule has 1 unspecified atom stereocenters. The highest BCUT2D eigenvalue weighted by molar-refractivity contribution is 5.89. The van der Waals surface area contributed by atoms with E-state index in [1.807, 2.05) is 18.2 Å². The van der Waals surface area contributed by atoms with Crippen LogP contribution in [0.4, 0.5) is 0 Å². The lowest BCUT2D eigenvalue weighted by Gasteiger charge is -2.69. The van der Waals surface area contributed by atoms with Gasteiger partial charge in [0.2, 0.25) is 0 Å². The molecule has 1 spiro atoms. The van der Waals surface area contributed by atoms with Gasteiger partial charge >= 0.3 is 5.97 Å². The summed E-state index contributed by atoms with van der Waals surface area (Å²) >= 11 is 0. The Balaban J connectivity index is 1.45. The molecule has 5 saturated carbocycles. The smallest absolute Gasteiger partial charge is 0.338 e. The summed E-state index contributed by atoms with van der Waals surface area (Å²) < 4.78 is 25.1. The Morgan fingerprint density at radius 1 is 1.10 bits per heavy atom. The number of benzene rings is 1. The number of hydrogen-bond donors (Lipinski definition) is 2. The van der Waals surface area contributed by atoms with Crippen molar-refractivity contribution in [2.45, 2.75) is 81.2 Å². The second kappa shape index (κ2) is 8.49. The van der Waals surface area contributed by atoms with Gasteiger partial charge in [0.1, 0.15) is 17.3 Å². The minimum Gasteiger partial charge on any atom is -0.458 e. The lowest BCUT2D eigenvalue weighted by atomic mass is 9.43. The number of hydrogen-bond acceptors (Lipinski definition) is 8. The minimum atomic E-state index is -1.58. The van der Waals surface area contributed by atoms with E-state index in [2.05, 4.69) is 18.7 Å². The van der Waals surface area contributed by atoms with Crippen LogP contribution in [-0.4, -0.2) is 97.2 Å². The van der Waals surface area contributed by atoms with Crippen molar-refractivity contribution < 1.29 is 34.0 Å². The maximum absolute atomic E-state index is 13.4. The van der Waals surface area contributed by atoms with Crippen LogP contribution >= 0.6 is 0 Å². The SMILES string of the molecule is CCN1C[C@]2(C)CCC(OC)[C@@]34[C@@H]5C[C@H]6[C@H](OC(=O)c7ccccc7)[C@@H]5[C@](O)(C[C@@H]6OC)[C@](O)([C@@H](OC)[C@H]23)[C@@H]14. The van der Waals surface area contributed by atoms with Crippen LogP contribution in [0.2, 0.25) is 0 Å². The number of aliphatic hydroxyl groups is 2. The van der Waals surface area contributed by atoms with Crippen LogP contribution in [0, 0.1) is 34.5 Å². The molecule has 6 aliphatic rings. The molecular weight excluding hydrogens is 498 g/mol. The first kappa shape index (κ1) is 26.4. The van der Waals surface area contributed by atoms with Crippen LogP contribution in [0.15, 0.2) is 30.3 Å². The average Bonchev–Trinajstić information content (AvgIpc) is 3.34. The molecule has 0 radical (unpaired) electrons. The molecule has 1 heterocycles. The summed E-state index contributed by atoms with van der Waals surface area (Å²) in [6.07, 6.45) is 1.32. The summed E-state index contributed by atoms with van der Waals surface area (Å²) in [4.78, 5) is 15.9. The molecular formula is C31H43NO7. The van der Waals surface area contributed by atoms with E-state index in [9.17, 15) is 15.0 Å². The fraction of sp³-hybridized carbons (Fsp3) is 0.774. The largest absolute Gasteiger partial charge is 0.458 e. The van der Waals surface area contributed by atoms with Crippen molar-refractivity contribution in [3.05, 3.63) is 35.9 Å². The molecule has 5 aliphatic carbocycles. The van der Waals surface area contributed by atoms with Gasteiger partial charge in [-0.3, -0.25) is 4.90 Å². The van der Waals surface area contributed by atoms with Crippen molar-refractivity contribution in [3.63, 3.8) is 0 Å². The molecule has 1 aromatic carbocycles. The summed E-state index contributed by atoms with van der Waals surface area (Å²) in [5.41, 5.74) is -3.20. The number of likely N-dealkylation sites (N-methyl/N-ethyl adjacent to an activating group) is 1. The van der Waals surface area contributed by atoms with Gasteiger partial charge in [-0.1, -0.05) is 32.0 Å². The number of rotatable bonds is 6. The number of carbonyl (C=O) groups excluding carboxylic acids is 1. The number of methoxy groups -OCH3 is 3. The molecule has 1 aromatic rings. The first-order valence-corrected chi connectivity index (χ1v) is 14.7. The third-order valence-corrected chi connectivity index (χ3v) is 12.5. The lowest BCUT2D eigenvalue weighted by Crippen LogP contribution is -2.81. The van der Waals surface area contributed by atoms with Gasteiger partial charge in [0.25, 0.3) is 0 Å². The molecule has 0 aromatic heterocycles. The molecule has 2 N–H and O–H groups in total. The molecule has 1 saturated heterocycles. The zero-order valence-electron chi connectivity index (χ0n) is 23.7. The van der Waals surface area contributed by atoms with Crippen molar-refractivity contribution in [2.24, 2.45) is 34.5 Å². The quantitative estimate of drug-likeness (QED) is 0.531. The Bertz CT molecular complexity index is 1150. The number of likely N-dealkylation sites (tertiary alicyclic amines) is 1. The van der Waals surface area contributed by atoms with Crippen LogP contribution in [0.5, 0.6) is 0 Å². The van der Waals surface area contributed by atoms with E-state index < -0.39 is 40.7 Å². The molecule has 7 rings (SSSR count). The van der Waals surface area contributed by atoms with Gasteiger partial charge in [0, 0.05) is 57.5 Å². The van der Waals surface area contributed by atoms with E-state index in [0.717, 1.165) is 32.4 Å². The fourth-order valence-electron chi connectivity index (χ4n) is 11.6. The number of fused-ring (bicyclic) bond motifs is 2. The number of esters is 1. The van der Waals surface area contributed by atoms with Crippen molar-refractivity contribution in [3.8, 4) is 0 Å². The summed E-state index contributed by atoms with van der Waals surface area (Å²) in [6, 6.07) is 8.70. The molecule has 7 bridgehead atoms. The van der Waals surface area contributed by atoms with Gasteiger partial charge in [-0.2, -0.15) is 0 Å². The molecule has 13 atom stereocenters. The van der Waals surface area contributed by atoms with Crippen LogP contribution in [-0.2, 0) is 18.9 Å². The number of piperidine rings is 1. The van der Waals surface area contributed by atoms with Gasteiger partial charge in [0.05, 0.1) is 29.9 Å². The molecule has 1 aliphatic heterocycles. The summed E-state index contributed by atoms with van der Waals surface area (Å²) in [5, 5.41) is 26.3. The summed E-state index contributed by atoms with van der Waals surface area (Å²) in [6.45, 7) is 6.11. The van der Waals surface area contributed by atoms with Crippen molar-refractivity contribution in [1.82, 2.24) is 4.90 Å². The van der Waals surface area contributed by atoms with Crippen molar-refractivity contribution in [2.75, 3.05) is 34.4 Å². The Hall–Kier alpha value is -1.55. The Morgan fingerprint density at radius 2 is 1.85 bits per heavy atom. The van der Waals surface area contributed by atoms with E-state index in [-0.39, 0.29) is 47.8 Å². The highest BCUT2D eigenvalue weighted by atomic mass is 16.6. The number of carbonyl (C=O) groups is 1. The second-order valence-corrected chi connectivity index (χ2v) is 13.5. The van der Waals surface area contributed by atoms with Crippen LogP contribution in [0.1, 0.15) is 49.9 Å². The van der Waals surface area contributed by atoms with E-state index >= 15 is 0 Å². The van der Waals surface area contributed by atoms with Crippen LogP contribution in [0.3, 0.4) is 0 Å². The van der Waals surface area contributed by atoms with Gasteiger partial charge < -0.3 is 29.2 Å². The zero-order valence-corrected chi connectivity index (χ0v) is 23.7. The molecule has 8 heteroatoms.